The smallest absolute Gasteiger partial charge is 0.236 e. The van der Waals surface area contributed by atoms with Crippen molar-refractivity contribution in [2.24, 2.45) is 5.73 Å². The molecule has 0 aliphatic heterocycles. The highest BCUT2D eigenvalue weighted by molar-refractivity contribution is 7.91. The molecule has 4 nitrogen and oxygen atoms in total. The van der Waals surface area contributed by atoms with E-state index in [1.807, 2.05) is 44.2 Å². The average molecular weight is 304 g/mol. The Bertz CT molecular complexity index is 722. The van der Waals surface area contributed by atoms with E-state index in [4.69, 9.17) is 5.73 Å². The summed E-state index contributed by atoms with van der Waals surface area (Å²) in [6.45, 7) is 4.27. The van der Waals surface area contributed by atoms with Crippen LogP contribution in [0.1, 0.15) is 22.3 Å². The van der Waals surface area contributed by atoms with E-state index in [2.05, 4.69) is 4.72 Å². The number of hydrogen-bond donors (Lipinski definition) is 2. The van der Waals surface area contributed by atoms with Crippen LogP contribution in [0, 0.1) is 13.8 Å². The molecule has 0 amide bonds. The molecule has 0 fully saturated rings. The van der Waals surface area contributed by atoms with E-state index in [1.165, 1.54) is 0 Å². The van der Waals surface area contributed by atoms with Crippen molar-refractivity contribution < 1.29 is 8.42 Å². The molecule has 0 radical (unpaired) electrons. The number of nitrogens with one attached hydrogen (secondary N) is 1. The summed E-state index contributed by atoms with van der Waals surface area (Å²) in [5.74, 6) is -0.0504. The van der Waals surface area contributed by atoms with Crippen LogP contribution in [0.25, 0.3) is 0 Å². The van der Waals surface area contributed by atoms with Gasteiger partial charge < -0.3 is 5.73 Å². The Morgan fingerprint density at radius 2 is 1.62 bits per heavy atom. The maximum Gasteiger partial charge on any atom is 0.236 e. The van der Waals surface area contributed by atoms with Crippen molar-refractivity contribution >= 4 is 15.7 Å². The predicted octanol–water partition coefficient (Wildman–Crippen LogP) is 2.70. The normalized spacial score (nSPS) is 11.4. The van der Waals surface area contributed by atoms with Gasteiger partial charge >= 0.3 is 0 Å². The molecule has 0 saturated heterocycles. The minimum atomic E-state index is -3.43. The molecule has 0 heterocycles. The van der Waals surface area contributed by atoms with Crippen LogP contribution < -0.4 is 10.5 Å². The molecule has 0 aromatic heterocycles. The van der Waals surface area contributed by atoms with Crippen molar-refractivity contribution in [3.05, 3.63) is 64.7 Å². The summed E-state index contributed by atoms with van der Waals surface area (Å²) in [7, 11) is -3.43. The van der Waals surface area contributed by atoms with Gasteiger partial charge in [0.2, 0.25) is 10.0 Å². The van der Waals surface area contributed by atoms with Gasteiger partial charge in [-0.15, -0.1) is 0 Å². The molecule has 0 atom stereocenters. The number of sulfonamides is 1. The third kappa shape index (κ3) is 4.31. The number of aryl methyl sites for hydroxylation is 2. The Morgan fingerprint density at radius 1 is 1.00 bits per heavy atom. The Hall–Kier alpha value is -1.85. The summed E-state index contributed by atoms with van der Waals surface area (Å²) in [5.41, 5.74) is 9.81. The number of benzene rings is 2. The fraction of sp³-hybridized carbons (Fsp3) is 0.250. The number of hydrogen-bond acceptors (Lipinski definition) is 3. The lowest BCUT2D eigenvalue weighted by Crippen LogP contribution is -2.16. The van der Waals surface area contributed by atoms with Gasteiger partial charge in [-0.05, 0) is 42.2 Å². The van der Waals surface area contributed by atoms with Crippen molar-refractivity contribution in [2.75, 3.05) is 4.72 Å². The zero-order valence-corrected chi connectivity index (χ0v) is 13.1. The molecule has 0 saturated carbocycles. The Balaban J connectivity index is 2.16. The summed E-state index contributed by atoms with van der Waals surface area (Å²) >= 11 is 0. The van der Waals surface area contributed by atoms with E-state index in [-0.39, 0.29) is 5.75 Å². The third-order valence-electron chi connectivity index (χ3n) is 3.27. The first kappa shape index (κ1) is 15.5. The summed E-state index contributed by atoms with van der Waals surface area (Å²) in [6, 6.07) is 13.0. The number of rotatable bonds is 5. The van der Waals surface area contributed by atoms with Gasteiger partial charge in [0, 0.05) is 6.54 Å². The fourth-order valence-corrected chi connectivity index (χ4v) is 3.30. The highest BCUT2D eigenvalue weighted by atomic mass is 32.2. The Labute approximate surface area is 126 Å². The van der Waals surface area contributed by atoms with Gasteiger partial charge in [0.05, 0.1) is 11.4 Å². The largest absolute Gasteiger partial charge is 0.326 e. The molecule has 5 heteroatoms. The molecule has 0 unspecified atom stereocenters. The van der Waals surface area contributed by atoms with Crippen LogP contribution >= 0.6 is 0 Å². The first-order valence-corrected chi connectivity index (χ1v) is 8.40. The van der Waals surface area contributed by atoms with Gasteiger partial charge in [-0.3, -0.25) is 4.72 Å². The molecule has 21 heavy (non-hydrogen) atoms. The van der Waals surface area contributed by atoms with Crippen molar-refractivity contribution in [2.45, 2.75) is 26.1 Å². The minimum absolute atomic E-state index is 0.0504. The van der Waals surface area contributed by atoms with Crippen LogP contribution in [0.3, 0.4) is 0 Å². The molecule has 112 valence electrons. The number of anilines is 1. The molecule has 0 spiro atoms. The lowest BCUT2D eigenvalue weighted by Gasteiger charge is -2.11. The van der Waals surface area contributed by atoms with Gasteiger partial charge in [-0.25, -0.2) is 8.42 Å². The zero-order valence-electron chi connectivity index (χ0n) is 12.3. The van der Waals surface area contributed by atoms with Gasteiger partial charge in [-0.2, -0.15) is 0 Å². The predicted molar refractivity (Wildman–Crippen MR) is 86.5 cm³/mol. The van der Waals surface area contributed by atoms with Crippen LogP contribution in [-0.4, -0.2) is 8.42 Å². The summed E-state index contributed by atoms with van der Waals surface area (Å²) in [6.07, 6.45) is 0. The standard InChI is InChI=1S/C16H20N2O2S/c1-12-3-4-13(2)16(9-12)18-21(19,20)11-15-7-5-14(10-17)6-8-15/h3-9,18H,10-11,17H2,1-2H3. The molecular weight excluding hydrogens is 284 g/mol. The molecular formula is C16H20N2O2S. The SMILES string of the molecule is Cc1ccc(C)c(NS(=O)(=O)Cc2ccc(CN)cc2)c1. The van der Waals surface area contributed by atoms with Crippen molar-refractivity contribution in [1.82, 2.24) is 0 Å². The van der Waals surface area contributed by atoms with Gasteiger partial charge in [0.25, 0.3) is 0 Å². The Morgan fingerprint density at radius 3 is 2.24 bits per heavy atom. The Kier molecular flexibility index (Phi) is 4.65. The average Bonchev–Trinajstić information content (AvgIpc) is 2.43. The van der Waals surface area contributed by atoms with Gasteiger partial charge in [-0.1, -0.05) is 36.4 Å². The number of nitrogens with two attached hydrogens (primary N) is 1. The van der Waals surface area contributed by atoms with E-state index < -0.39 is 10.0 Å². The van der Waals surface area contributed by atoms with Gasteiger partial charge in [0.1, 0.15) is 0 Å². The lowest BCUT2D eigenvalue weighted by molar-refractivity contribution is 0.600. The third-order valence-corrected chi connectivity index (χ3v) is 4.52. The van der Waals surface area contributed by atoms with Crippen molar-refractivity contribution in [3.63, 3.8) is 0 Å². The summed E-state index contributed by atoms with van der Waals surface area (Å²) in [5, 5.41) is 0. The highest BCUT2D eigenvalue weighted by Crippen LogP contribution is 2.19. The monoisotopic (exact) mass is 304 g/mol. The summed E-state index contributed by atoms with van der Waals surface area (Å²) < 4.78 is 27.2. The van der Waals surface area contributed by atoms with Crippen LogP contribution in [0.2, 0.25) is 0 Å². The van der Waals surface area contributed by atoms with E-state index >= 15 is 0 Å². The molecule has 2 aromatic carbocycles. The second kappa shape index (κ2) is 6.28. The van der Waals surface area contributed by atoms with Crippen LogP contribution in [0.5, 0.6) is 0 Å². The molecule has 0 aliphatic carbocycles. The van der Waals surface area contributed by atoms with Crippen molar-refractivity contribution in [3.8, 4) is 0 Å². The van der Waals surface area contributed by atoms with Crippen LogP contribution in [0.4, 0.5) is 5.69 Å². The second-order valence-corrected chi connectivity index (χ2v) is 6.92. The zero-order chi connectivity index (χ0) is 15.5. The van der Waals surface area contributed by atoms with E-state index in [9.17, 15) is 8.42 Å². The molecule has 2 rings (SSSR count). The highest BCUT2D eigenvalue weighted by Gasteiger charge is 2.13. The van der Waals surface area contributed by atoms with E-state index in [0.29, 0.717) is 12.2 Å². The van der Waals surface area contributed by atoms with Crippen LogP contribution in [-0.2, 0) is 22.3 Å². The topological polar surface area (TPSA) is 72.2 Å². The first-order chi connectivity index (χ1) is 9.89. The van der Waals surface area contributed by atoms with Crippen LogP contribution in [0.15, 0.2) is 42.5 Å². The molecule has 3 N–H and O–H groups in total. The fourth-order valence-electron chi connectivity index (χ4n) is 2.04. The second-order valence-electron chi connectivity index (χ2n) is 5.20. The van der Waals surface area contributed by atoms with E-state index in [0.717, 1.165) is 22.3 Å². The van der Waals surface area contributed by atoms with E-state index in [1.54, 1.807) is 12.1 Å². The molecule has 0 aliphatic rings. The molecule has 0 bridgehead atoms. The maximum atomic E-state index is 12.3. The van der Waals surface area contributed by atoms with Gasteiger partial charge in [0.15, 0.2) is 0 Å². The lowest BCUT2D eigenvalue weighted by atomic mass is 10.1. The maximum absolute atomic E-state index is 12.3. The summed E-state index contributed by atoms with van der Waals surface area (Å²) in [4.78, 5) is 0. The first-order valence-electron chi connectivity index (χ1n) is 6.75. The molecule has 2 aromatic rings. The quantitative estimate of drug-likeness (QED) is 0.892. The minimum Gasteiger partial charge on any atom is -0.326 e. The van der Waals surface area contributed by atoms with Crippen molar-refractivity contribution in [1.29, 1.82) is 0 Å².